The first-order valence-corrected chi connectivity index (χ1v) is 7.44. The third-order valence-corrected chi connectivity index (χ3v) is 3.55. The summed E-state index contributed by atoms with van der Waals surface area (Å²) in [5.74, 6) is 0.187. The molecule has 0 heterocycles. The minimum atomic E-state index is -2.83. The molecule has 0 fully saturated rings. The average molecular weight is 356 g/mol. The zero-order valence-electron chi connectivity index (χ0n) is 11.6. The highest BCUT2D eigenvalue weighted by Gasteiger charge is 2.10. The Morgan fingerprint density at radius 1 is 1.19 bits per heavy atom. The number of hydrogen-bond donors (Lipinski definition) is 1. The topological polar surface area (TPSA) is 21.3 Å². The lowest BCUT2D eigenvalue weighted by molar-refractivity contribution is -0.0504. The third-order valence-electron chi connectivity index (χ3n) is 3.06. The quantitative estimate of drug-likeness (QED) is 0.766. The largest absolute Gasteiger partial charge is 0.434 e. The van der Waals surface area contributed by atoms with E-state index in [9.17, 15) is 8.78 Å². The minimum Gasteiger partial charge on any atom is -0.434 e. The van der Waals surface area contributed by atoms with Gasteiger partial charge in [0.1, 0.15) is 5.75 Å². The molecule has 2 aromatic rings. The molecule has 0 unspecified atom stereocenters. The Morgan fingerprint density at radius 3 is 2.71 bits per heavy atom. The molecule has 0 aliphatic rings. The van der Waals surface area contributed by atoms with Crippen LogP contribution in [0.5, 0.6) is 5.75 Å². The molecule has 0 amide bonds. The highest BCUT2D eigenvalue weighted by Crippen LogP contribution is 2.26. The van der Waals surface area contributed by atoms with E-state index >= 15 is 0 Å². The Bertz CT molecular complexity index is 605. The van der Waals surface area contributed by atoms with Gasteiger partial charge in [-0.3, -0.25) is 0 Å². The van der Waals surface area contributed by atoms with Gasteiger partial charge in [-0.2, -0.15) is 8.78 Å². The Hall–Kier alpha value is -1.62. The van der Waals surface area contributed by atoms with Crippen LogP contribution >= 0.6 is 15.9 Å². The van der Waals surface area contributed by atoms with Gasteiger partial charge >= 0.3 is 6.61 Å². The van der Waals surface area contributed by atoms with Crippen LogP contribution in [0.25, 0.3) is 0 Å². The molecule has 0 saturated carbocycles. The summed E-state index contributed by atoms with van der Waals surface area (Å²) in [6.45, 7) is -0.329. The zero-order valence-corrected chi connectivity index (χ0v) is 13.2. The zero-order chi connectivity index (χ0) is 15.2. The van der Waals surface area contributed by atoms with Gasteiger partial charge in [-0.15, -0.1) is 0 Å². The van der Waals surface area contributed by atoms with Crippen molar-refractivity contribution in [2.24, 2.45) is 0 Å². The van der Waals surface area contributed by atoms with Crippen LogP contribution in [0.4, 0.5) is 14.5 Å². The van der Waals surface area contributed by atoms with E-state index < -0.39 is 6.61 Å². The molecule has 2 nitrogen and oxygen atoms in total. The molecule has 0 radical (unpaired) electrons. The number of ether oxygens (including phenoxy) is 1. The van der Waals surface area contributed by atoms with E-state index in [-0.39, 0.29) is 5.75 Å². The smallest absolute Gasteiger partial charge is 0.387 e. The molecule has 5 heteroatoms. The van der Waals surface area contributed by atoms with Crippen LogP contribution < -0.4 is 10.1 Å². The normalized spacial score (nSPS) is 10.7. The number of alkyl halides is 2. The molecule has 0 aliphatic carbocycles. The molecule has 0 bridgehead atoms. The maximum atomic E-state index is 12.4. The summed E-state index contributed by atoms with van der Waals surface area (Å²) in [5, 5.41) is 3.23. The summed E-state index contributed by atoms with van der Waals surface area (Å²) >= 11 is 3.34. The van der Waals surface area contributed by atoms with Crippen LogP contribution in [0.2, 0.25) is 0 Å². The maximum absolute atomic E-state index is 12.4. The Morgan fingerprint density at radius 2 is 2.00 bits per heavy atom. The monoisotopic (exact) mass is 355 g/mol. The fraction of sp³-hybridized carbons (Fsp3) is 0.250. The molecule has 0 spiro atoms. The van der Waals surface area contributed by atoms with Gasteiger partial charge in [-0.1, -0.05) is 35.0 Å². The second-order valence-corrected chi connectivity index (χ2v) is 5.45. The van der Waals surface area contributed by atoms with Crippen LogP contribution in [0, 0.1) is 0 Å². The summed E-state index contributed by atoms with van der Waals surface area (Å²) in [7, 11) is 0. The van der Waals surface area contributed by atoms with Gasteiger partial charge in [0.05, 0.1) is 0 Å². The van der Waals surface area contributed by atoms with E-state index in [1.807, 2.05) is 18.2 Å². The fourth-order valence-corrected chi connectivity index (χ4v) is 2.40. The molecule has 0 atom stereocenters. The molecule has 2 rings (SSSR count). The summed E-state index contributed by atoms with van der Waals surface area (Å²) in [6, 6.07) is 13.0. The van der Waals surface area contributed by atoms with Crippen LogP contribution in [0.3, 0.4) is 0 Å². The Kier molecular flexibility index (Phi) is 5.56. The molecular formula is C16H16BrF2NO. The summed E-state index contributed by atoms with van der Waals surface area (Å²) < 4.78 is 30.2. The molecule has 112 valence electrons. The predicted octanol–water partition coefficient (Wildman–Crippen LogP) is 5.23. The van der Waals surface area contributed by atoms with Gasteiger partial charge < -0.3 is 10.1 Å². The van der Waals surface area contributed by atoms with Crippen molar-refractivity contribution < 1.29 is 13.5 Å². The van der Waals surface area contributed by atoms with Crippen LogP contribution in [0.15, 0.2) is 46.9 Å². The Labute approximate surface area is 131 Å². The summed E-state index contributed by atoms with van der Waals surface area (Å²) in [5.41, 5.74) is 2.85. The fourth-order valence-electron chi connectivity index (χ4n) is 2.00. The van der Waals surface area contributed by atoms with E-state index in [0.29, 0.717) is 12.1 Å². The standard InChI is InChI=1S/C16H16BrF2NO/c1-2-11-4-3-5-14(8-11)20-10-12-9-13(17)6-7-15(12)21-16(18)19/h3-9,16,20H,2,10H2,1H3. The van der Waals surface area contributed by atoms with Gasteiger partial charge in [-0.25, -0.2) is 0 Å². The molecule has 21 heavy (non-hydrogen) atoms. The lowest BCUT2D eigenvalue weighted by atomic mass is 10.1. The SMILES string of the molecule is CCc1cccc(NCc2cc(Br)ccc2OC(F)F)c1. The lowest BCUT2D eigenvalue weighted by Crippen LogP contribution is -2.07. The van der Waals surface area contributed by atoms with Crippen LogP contribution in [-0.4, -0.2) is 6.61 Å². The van der Waals surface area contributed by atoms with Crippen molar-refractivity contribution in [2.75, 3.05) is 5.32 Å². The first kappa shape index (κ1) is 15.8. The summed E-state index contributed by atoms with van der Waals surface area (Å²) in [4.78, 5) is 0. The highest BCUT2D eigenvalue weighted by molar-refractivity contribution is 9.10. The minimum absolute atomic E-state index is 0.187. The highest BCUT2D eigenvalue weighted by atomic mass is 79.9. The molecular weight excluding hydrogens is 340 g/mol. The van der Waals surface area contributed by atoms with Crippen molar-refractivity contribution in [2.45, 2.75) is 26.5 Å². The summed E-state index contributed by atoms with van der Waals surface area (Å²) in [6.07, 6.45) is 0.951. The number of rotatable bonds is 6. The number of benzene rings is 2. The van der Waals surface area contributed by atoms with Crippen LogP contribution in [0.1, 0.15) is 18.1 Å². The van der Waals surface area contributed by atoms with Gasteiger partial charge in [0.25, 0.3) is 0 Å². The number of nitrogens with one attached hydrogen (secondary N) is 1. The molecule has 0 saturated heterocycles. The van der Waals surface area contributed by atoms with Crippen molar-refractivity contribution in [3.05, 3.63) is 58.1 Å². The van der Waals surface area contributed by atoms with Crippen molar-refractivity contribution in [3.63, 3.8) is 0 Å². The van der Waals surface area contributed by atoms with E-state index in [4.69, 9.17) is 0 Å². The maximum Gasteiger partial charge on any atom is 0.387 e. The molecule has 2 aromatic carbocycles. The predicted molar refractivity (Wildman–Crippen MR) is 83.9 cm³/mol. The van der Waals surface area contributed by atoms with Gasteiger partial charge in [0, 0.05) is 22.3 Å². The average Bonchev–Trinajstić information content (AvgIpc) is 2.47. The third kappa shape index (κ3) is 4.70. The van der Waals surface area contributed by atoms with E-state index in [0.717, 1.165) is 16.6 Å². The molecule has 0 aliphatic heterocycles. The second-order valence-electron chi connectivity index (χ2n) is 4.54. The molecule has 0 aromatic heterocycles. The Balaban J connectivity index is 2.12. The van der Waals surface area contributed by atoms with Crippen molar-refractivity contribution in [1.29, 1.82) is 0 Å². The first-order valence-electron chi connectivity index (χ1n) is 6.64. The number of halogens is 3. The van der Waals surface area contributed by atoms with Crippen LogP contribution in [-0.2, 0) is 13.0 Å². The number of aryl methyl sites for hydroxylation is 1. The number of anilines is 1. The van der Waals surface area contributed by atoms with Crippen molar-refractivity contribution in [3.8, 4) is 5.75 Å². The van der Waals surface area contributed by atoms with E-state index in [1.54, 1.807) is 12.1 Å². The van der Waals surface area contributed by atoms with E-state index in [2.05, 4.69) is 39.0 Å². The molecule has 1 N–H and O–H groups in total. The lowest BCUT2D eigenvalue weighted by Gasteiger charge is -2.13. The van der Waals surface area contributed by atoms with Crippen molar-refractivity contribution in [1.82, 2.24) is 0 Å². The van der Waals surface area contributed by atoms with Gasteiger partial charge in [-0.05, 0) is 42.3 Å². The van der Waals surface area contributed by atoms with E-state index in [1.165, 1.54) is 11.6 Å². The first-order chi connectivity index (χ1) is 10.1. The number of hydrogen-bond acceptors (Lipinski definition) is 2. The van der Waals surface area contributed by atoms with Gasteiger partial charge in [0.15, 0.2) is 0 Å². The second kappa shape index (κ2) is 7.41. The van der Waals surface area contributed by atoms with Gasteiger partial charge in [0.2, 0.25) is 0 Å². The van der Waals surface area contributed by atoms with Crippen molar-refractivity contribution >= 4 is 21.6 Å².